The molecule has 196 valence electrons. The molecule has 1 amide bonds. The Bertz CT molecular complexity index is 1060. The first-order valence-electron chi connectivity index (χ1n) is 13.7. The maximum absolute atomic E-state index is 15.5. The van der Waals surface area contributed by atoms with Crippen LogP contribution in [0.4, 0.5) is 8.78 Å². The van der Waals surface area contributed by atoms with Gasteiger partial charge in [-0.1, -0.05) is 0 Å². The third kappa shape index (κ3) is 4.41. The molecule has 1 aromatic rings. The van der Waals surface area contributed by atoms with Crippen LogP contribution in [0.1, 0.15) is 100 Å². The van der Waals surface area contributed by atoms with Gasteiger partial charge in [-0.05, 0) is 114 Å². The van der Waals surface area contributed by atoms with Crippen LogP contribution in [-0.4, -0.2) is 46.7 Å². The number of benzene rings is 1. The summed E-state index contributed by atoms with van der Waals surface area (Å²) in [6.45, 7) is 5.78. The first kappa shape index (κ1) is 24.2. The predicted molar refractivity (Wildman–Crippen MR) is 130 cm³/mol. The fourth-order valence-corrected chi connectivity index (χ4v) is 7.55. The van der Waals surface area contributed by atoms with E-state index in [9.17, 15) is 9.59 Å². The maximum Gasteiger partial charge on any atom is 0.329 e. The Morgan fingerprint density at radius 1 is 1.06 bits per heavy atom. The number of rotatable bonds is 5. The third-order valence-corrected chi connectivity index (χ3v) is 8.91. The molecule has 4 bridgehead atoms. The highest BCUT2D eigenvalue weighted by Gasteiger charge is 2.57. The topological polar surface area (TPSA) is 55.8 Å². The van der Waals surface area contributed by atoms with Gasteiger partial charge in [0.15, 0.2) is 0 Å². The number of hydrogen-bond donors (Lipinski definition) is 0. The largest absolute Gasteiger partial charge is 0.489 e. The molecule has 0 N–H and O–H groups in total. The van der Waals surface area contributed by atoms with Crippen LogP contribution in [0.3, 0.4) is 0 Å². The lowest BCUT2D eigenvalue weighted by Gasteiger charge is -2.56. The zero-order chi connectivity index (χ0) is 25.4. The summed E-state index contributed by atoms with van der Waals surface area (Å²) < 4.78 is 42.7. The predicted octanol–water partition coefficient (Wildman–Crippen LogP) is 5.95. The molecule has 7 rings (SSSR count). The molecule has 6 fully saturated rings. The van der Waals surface area contributed by atoms with Crippen molar-refractivity contribution < 1.29 is 27.8 Å². The van der Waals surface area contributed by atoms with Crippen LogP contribution >= 0.6 is 0 Å². The Kier molecular flexibility index (Phi) is 5.65. The Balaban J connectivity index is 1.25. The summed E-state index contributed by atoms with van der Waals surface area (Å²) in [7, 11) is 0. The second-order valence-electron chi connectivity index (χ2n) is 13.0. The van der Waals surface area contributed by atoms with Crippen LogP contribution in [0.5, 0.6) is 5.75 Å². The van der Waals surface area contributed by atoms with Gasteiger partial charge in [0.1, 0.15) is 35.0 Å². The number of hydrogen-bond acceptors (Lipinski definition) is 4. The van der Waals surface area contributed by atoms with E-state index in [0.29, 0.717) is 50.3 Å². The average molecular weight is 502 g/mol. The molecular formula is C29H37F2NO4. The number of amides is 1. The van der Waals surface area contributed by atoms with E-state index in [-0.39, 0.29) is 29.4 Å². The van der Waals surface area contributed by atoms with Crippen LogP contribution in [-0.2, 0) is 9.53 Å². The molecule has 2 unspecified atom stereocenters. The highest BCUT2D eigenvalue weighted by atomic mass is 19.1. The first-order chi connectivity index (χ1) is 17.0. The van der Waals surface area contributed by atoms with Crippen molar-refractivity contribution in [1.82, 2.24) is 4.90 Å². The SMILES string of the molecule is CC(C)(C)OC(=O)[C@@H]1CCCN1C(=O)c1cc(C2CC2)c(OC2C3CC4CC2CC(F)(C4)C3)cc1F. The van der Waals surface area contributed by atoms with Crippen molar-refractivity contribution in [3.05, 3.63) is 29.1 Å². The van der Waals surface area contributed by atoms with E-state index >= 15 is 8.78 Å². The standard InChI is InChI=1S/C29H37F2NO4/c1-28(2,3)36-27(34)23-5-4-8-32(23)26(33)21-11-20(17-6-7-17)24(12-22(21)30)35-25-18-9-16-10-19(25)15-29(31,13-16)14-18/h11-12,16-19,23,25H,4-10,13-15H2,1-3H3/t16?,18?,19?,23-,25?,29?/m0/s1. The second-order valence-corrected chi connectivity index (χ2v) is 13.0. The number of carbonyl (C=O) groups excluding carboxylic acids is 2. The van der Waals surface area contributed by atoms with E-state index in [1.807, 2.05) is 0 Å². The molecular weight excluding hydrogens is 464 g/mol. The smallest absolute Gasteiger partial charge is 0.329 e. The summed E-state index contributed by atoms with van der Waals surface area (Å²) in [5.74, 6) is 0.0323. The van der Waals surface area contributed by atoms with Gasteiger partial charge in [-0.25, -0.2) is 13.6 Å². The molecule has 0 spiro atoms. The molecule has 1 aromatic carbocycles. The Hall–Kier alpha value is -2.18. The minimum atomic E-state index is -1.04. The van der Waals surface area contributed by atoms with Gasteiger partial charge in [-0.15, -0.1) is 0 Å². The van der Waals surface area contributed by atoms with Crippen molar-refractivity contribution in [3.63, 3.8) is 0 Å². The minimum absolute atomic E-state index is 0.00694. The van der Waals surface area contributed by atoms with Crippen molar-refractivity contribution in [1.29, 1.82) is 0 Å². The highest BCUT2D eigenvalue weighted by molar-refractivity contribution is 5.98. The molecule has 6 aliphatic rings. The molecule has 1 saturated heterocycles. The molecule has 0 aromatic heterocycles. The van der Waals surface area contributed by atoms with E-state index in [0.717, 1.165) is 31.2 Å². The molecule has 5 saturated carbocycles. The Labute approximate surface area is 211 Å². The lowest BCUT2D eigenvalue weighted by atomic mass is 9.53. The second kappa shape index (κ2) is 8.42. The van der Waals surface area contributed by atoms with Crippen molar-refractivity contribution in [2.75, 3.05) is 6.54 Å². The van der Waals surface area contributed by atoms with Crippen LogP contribution in [0, 0.1) is 23.6 Å². The van der Waals surface area contributed by atoms with E-state index in [4.69, 9.17) is 9.47 Å². The molecule has 7 heteroatoms. The summed E-state index contributed by atoms with van der Waals surface area (Å²) in [6.07, 6.45) is 6.83. The number of alkyl halides is 1. The van der Waals surface area contributed by atoms with Crippen molar-refractivity contribution in [2.24, 2.45) is 17.8 Å². The molecule has 3 atom stereocenters. The first-order valence-corrected chi connectivity index (χ1v) is 13.7. The van der Waals surface area contributed by atoms with Crippen molar-refractivity contribution >= 4 is 11.9 Å². The number of likely N-dealkylation sites (tertiary alicyclic amines) is 1. The fourth-order valence-electron chi connectivity index (χ4n) is 7.55. The fraction of sp³-hybridized carbons (Fsp3) is 0.724. The number of halogens is 2. The van der Waals surface area contributed by atoms with Crippen LogP contribution < -0.4 is 4.74 Å². The zero-order valence-corrected chi connectivity index (χ0v) is 21.5. The zero-order valence-electron chi connectivity index (χ0n) is 21.5. The monoisotopic (exact) mass is 501 g/mol. The van der Waals surface area contributed by atoms with Gasteiger partial charge < -0.3 is 14.4 Å². The van der Waals surface area contributed by atoms with E-state index in [2.05, 4.69) is 0 Å². The molecule has 36 heavy (non-hydrogen) atoms. The molecule has 5 aliphatic carbocycles. The third-order valence-electron chi connectivity index (χ3n) is 8.91. The summed E-state index contributed by atoms with van der Waals surface area (Å²) in [5, 5.41) is 0. The lowest BCUT2D eigenvalue weighted by molar-refractivity contribution is -0.159. The van der Waals surface area contributed by atoms with Gasteiger partial charge in [0.25, 0.3) is 5.91 Å². The highest BCUT2D eigenvalue weighted by Crippen LogP contribution is 2.58. The summed E-state index contributed by atoms with van der Waals surface area (Å²) in [6, 6.07) is 2.33. The minimum Gasteiger partial charge on any atom is -0.489 e. The molecule has 0 radical (unpaired) electrons. The van der Waals surface area contributed by atoms with Crippen LogP contribution in [0.2, 0.25) is 0 Å². The van der Waals surface area contributed by atoms with Crippen molar-refractivity contribution in [3.8, 4) is 5.75 Å². The quantitative estimate of drug-likeness (QED) is 0.468. The molecule has 1 aliphatic heterocycles. The Morgan fingerprint density at radius 2 is 1.75 bits per heavy atom. The van der Waals surface area contributed by atoms with Crippen LogP contribution in [0.25, 0.3) is 0 Å². The Morgan fingerprint density at radius 3 is 2.36 bits per heavy atom. The van der Waals surface area contributed by atoms with Gasteiger partial charge in [0, 0.05) is 12.6 Å². The summed E-state index contributed by atoms with van der Waals surface area (Å²) >= 11 is 0. The lowest BCUT2D eigenvalue weighted by Crippen LogP contribution is -2.56. The molecule has 5 nitrogen and oxygen atoms in total. The normalized spacial score (nSPS) is 35.2. The summed E-state index contributed by atoms with van der Waals surface area (Å²) in [4.78, 5) is 27.7. The van der Waals surface area contributed by atoms with Crippen LogP contribution in [0.15, 0.2) is 12.1 Å². The average Bonchev–Trinajstić information content (AvgIpc) is 3.48. The van der Waals surface area contributed by atoms with E-state index in [1.165, 1.54) is 11.0 Å². The number of esters is 1. The number of nitrogens with zero attached hydrogens (tertiary/aromatic N) is 1. The molecule has 1 heterocycles. The van der Waals surface area contributed by atoms with Gasteiger partial charge in [-0.3, -0.25) is 4.79 Å². The van der Waals surface area contributed by atoms with E-state index in [1.54, 1.807) is 26.8 Å². The summed E-state index contributed by atoms with van der Waals surface area (Å²) in [5.41, 5.74) is -0.834. The van der Waals surface area contributed by atoms with Gasteiger partial charge in [-0.2, -0.15) is 0 Å². The van der Waals surface area contributed by atoms with Gasteiger partial charge in [0.05, 0.1) is 5.56 Å². The number of carbonyl (C=O) groups is 2. The van der Waals surface area contributed by atoms with Gasteiger partial charge in [0.2, 0.25) is 0 Å². The maximum atomic E-state index is 15.5. The van der Waals surface area contributed by atoms with Crippen molar-refractivity contribution in [2.45, 2.75) is 108 Å². The van der Waals surface area contributed by atoms with Gasteiger partial charge >= 0.3 is 5.97 Å². The number of ether oxygens (including phenoxy) is 2. The van der Waals surface area contributed by atoms with E-state index < -0.39 is 35.0 Å².